The fourth-order valence-electron chi connectivity index (χ4n) is 2.45. The molecule has 0 aliphatic heterocycles. The Morgan fingerprint density at radius 3 is 3.00 bits per heavy atom. The minimum atomic E-state index is -0.115. The predicted octanol–water partition coefficient (Wildman–Crippen LogP) is 1.69. The van der Waals surface area contributed by atoms with E-state index in [4.69, 9.17) is 9.84 Å². The summed E-state index contributed by atoms with van der Waals surface area (Å²) in [5, 5.41) is 11.6. The summed E-state index contributed by atoms with van der Waals surface area (Å²) >= 11 is 0. The molecule has 4 nitrogen and oxygen atoms in total. The molecule has 0 aromatic heterocycles. The van der Waals surface area contributed by atoms with Gasteiger partial charge in [0.1, 0.15) is 5.75 Å². The van der Waals surface area contributed by atoms with Crippen LogP contribution in [0.15, 0.2) is 18.2 Å². The molecule has 2 N–H and O–H groups in total. The highest BCUT2D eigenvalue weighted by molar-refractivity contribution is 5.77. The fraction of sp³-hybridized carbons (Fsp3) is 0.562. The van der Waals surface area contributed by atoms with Crippen molar-refractivity contribution in [3.8, 4) is 5.75 Å². The molecule has 20 heavy (non-hydrogen) atoms. The zero-order valence-corrected chi connectivity index (χ0v) is 12.0. The molecular formula is C16H23NO3. The van der Waals surface area contributed by atoms with Crippen LogP contribution in [0.4, 0.5) is 0 Å². The lowest BCUT2D eigenvalue weighted by Gasteiger charge is -2.12. The molecule has 1 amide bonds. The molecule has 0 bridgehead atoms. The lowest BCUT2D eigenvalue weighted by molar-refractivity contribution is -0.123. The Balaban J connectivity index is 1.73. The van der Waals surface area contributed by atoms with E-state index >= 15 is 0 Å². The van der Waals surface area contributed by atoms with Gasteiger partial charge in [-0.3, -0.25) is 4.79 Å². The smallest absolute Gasteiger partial charge is 0.257 e. The zero-order valence-electron chi connectivity index (χ0n) is 12.0. The second kappa shape index (κ2) is 7.29. The van der Waals surface area contributed by atoms with Gasteiger partial charge in [0.25, 0.3) is 5.91 Å². The SMILES string of the molecule is CC(CCO)CNC(=O)COc1ccc2c(c1)CCC2. The van der Waals surface area contributed by atoms with E-state index in [-0.39, 0.29) is 25.0 Å². The van der Waals surface area contributed by atoms with E-state index in [0.29, 0.717) is 13.0 Å². The highest BCUT2D eigenvalue weighted by Gasteiger charge is 2.12. The van der Waals surface area contributed by atoms with Crippen LogP contribution in [0.5, 0.6) is 5.75 Å². The van der Waals surface area contributed by atoms with Crippen LogP contribution in [0.3, 0.4) is 0 Å². The molecule has 0 saturated carbocycles. The summed E-state index contributed by atoms with van der Waals surface area (Å²) in [5.74, 6) is 0.934. The van der Waals surface area contributed by atoms with Gasteiger partial charge < -0.3 is 15.2 Å². The summed E-state index contributed by atoms with van der Waals surface area (Å²) < 4.78 is 5.52. The minimum Gasteiger partial charge on any atom is -0.484 e. The number of rotatable bonds is 7. The van der Waals surface area contributed by atoms with Gasteiger partial charge in [0.15, 0.2) is 6.61 Å². The van der Waals surface area contributed by atoms with E-state index in [1.165, 1.54) is 17.5 Å². The summed E-state index contributed by atoms with van der Waals surface area (Å²) in [4.78, 5) is 11.7. The number of hydrogen-bond acceptors (Lipinski definition) is 3. The maximum atomic E-state index is 11.7. The van der Waals surface area contributed by atoms with Crippen molar-refractivity contribution in [3.63, 3.8) is 0 Å². The van der Waals surface area contributed by atoms with Crippen LogP contribution in [-0.4, -0.2) is 30.8 Å². The minimum absolute atomic E-state index is 0.0463. The van der Waals surface area contributed by atoms with Crippen molar-refractivity contribution in [1.29, 1.82) is 0 Å². The van der Waals surface area contributed by atoms with Gasteiger partial charge in [-0.25, -0.2) is 0 Å². The largest absolute Gasteiger partial charge is 0.484 e. The molecule has 0 fully saturated rings. The van der Waals surface area contributed by atoms with Crippen LogP contribution in [-0.2, 0) is 17.6 Å². The molecule has 0 saturated heterocycles. The number of fused-ring (bicyclic) bond motifs is 1. The van der Waals surface area contributed by atoms with Crippen LogP contribution in [0.2, 0.25) is 0 Å². The maximum absolute atomic E-state index is 11.7. The Morgan fingerprint density at radius 2 is 2.20 bits per heavy atom. The molecule has 110 valence electrons. The number of aliphatic hydroxyl groups excluding tert-OH is 1. The molecule has 1 atom stereocenters. The first-order chi connectivity index (χ1) is 9.69. The summed E-state index contributed by atoms with van der Waals surface area (Å²) in [5.41, 5.74) is 2.75. The number of benzene rings is 1. The summed E-state index contributed by atoms with van der Waals surface area (Å²) in [6.07, 6.45) is 4.17. The molecule has 1 aromatic carbocycles. The van der Waals surface area contributed by atoms with Crippen molar-refractivity contribution in [2.24, 2.45) is 5.92 Å². The highest BCUT2D eigenvalue weighted by Crippen LogP contribution is 2.25. The summed E-state index contributed by atoms with van der Waals surface area (Å²) in [6, 6.07) is 6.08. The number of aryl methyl sites for hydroxylation is 2. The molecule has 1 aromatic rings. The zero-order chi connectivity index (χ0) is 14.4. The van der Waals surface area contributed by atoms with Crippen molar-refractivity contribution >= 4 is 5.91 Å². The Morgan fingerprint density at radius 1 is 1.40 bits per heavy atom. The van der Waals surface area contributed by atoms with Crippen LogP contribution >= 0.6 is 0 Å². The number of carbonyl (C=O) groups excluding carboxylic acids is 1. The number of ether oxygens (including phenoxy) is 1. The van der Waals surface area contributed by atoms with Gasteiger partial charge in [-0.05, 0) is 54.9 Å². The van der Waals surface area contributed by atoms with Crippen molar-refractivity contribution in [1.82, 2.24) is 5.32 Å². The molecule has 0 radical (unpaired) electrons. The van der Waals surface area contributed by atoms with Crippen LogP contribution < -0.4 is 10.1 Å². The van der Waals surface area contributed by atoms with E-state index < -0.39 is 0 Å². The van der Waals surface area contributed by atoms with E-state index in [2.05, 4.69) is 11.4 Å². The third-order valence-corrected chi connectivity index (χ3v) is 3.71. The van der Waals surface area contributed by atoms with Gasteiger partial charge in [-0.15, -0.1) is 0 Å². The van der Waals surface area contributed by atoms with E-state index in [1.54, 1.807) is 0 Å². The topological polar surface area (TPSA) is 58.6 Å². The Labute approximate surface area is 120 Å². The van der Waals surface area contributed by atoms with Gasteiger partial charge in [0, 0.05) is 13.2 Å². The second-order valence-electron chi connectivity index (χ2n) is 5.49. The molecule has 1 aliphatic rings. The fourth-order valence-corrected chi connectivity index (χ4v) is 2.45. The molecule has 2 rings (SSSR count). The first-order valence-electron chi connectivity index (χ1n) is 7.31. The standard InChI is InChI=1S/C16H23NO3/c1-12(7-8-18)10-17-16(19)11-20-15-6-5-13-3-2-4-14(13)9-15/h5-6,9,12,18H,2-4,7-8,10-11H2,1H3,(H,17,19). The van der Waals surface area contributed by atoms with E-state index in [1.807, 2.05) is 19.1 Å². The molecular weight excluding hydrogens is 254 g/mol. The Bertz CT molecular complexity index is 459. The Kier molecular flexibility index (Phi) is 5.41. The van der Waals surface area contributed by atoms with Crippen LogP contribution in [0.1, 0.15) is 30.9 Å². The lowest BCUT2D eigenvalue weighted by atomic mass is 10.1. The van der Waals surface area contributed by atoms with Crippen LogP contribution in [0, 0.1) is 5.92 Å². The van der Waals surface area contributed by atoms with Gasteiger partial charge in [0.2, 0.25) is 0 Å². The average molecular weight is 277 g/mol. The van der Waals surface area contributed by atoms with Gasteiger partial charge in [-0.1, -0.05) is 13.0 Å². The van der Waals surface area contributed by atoms with Crippen molar-refractivity contribution in [3.05, 3.63) is 29.3 Å². The first-order valence-corrected chi connectivity index (χ1v) is 7.31. The third kappa shape index (κ3) is 4.23. The van der Waals surface area contributed by atoms with E-state index in [0.717, 1.165) is 18.6 Å². The number of hydrogen-bond donors (Lipinski definition) is 2. The van der Waals surface area contributed by atoms with Gasteiger partial charge in [0.05, 0.1) is 0 Å². The maximum Gasteiger partial charge on any atom is 0.257 e. The average Bonchev–Trinajstić information content (AvgIpc) is 2.90. The van der Waals surface area contributed by atoms with Crippen molar-refractivity contribution in [2.45, 2.75) is 32.6 Å². The van der Waals surface area contributed by atoms with Crippen molar-refractivity contribution in [2.75, 3.05) is 19.8 Å². The monoisotopic (exact) mass is 277 g/mol. The molecule has 0 spiro atoms. The Hall–Kier alpha value is -1.55. The second-order valence-corrected chi connectivity index (χ2v) is 5.49. The normalized spacial score (nSPS) is 14.7. The van der Waals surface area contributed by atoms with Gasteiger partial charge in [-0.2, -0.15) is 0 Å². The highest BCUT2D eigenvalue weighted by atomic mass is 16.5. The molecule has 1 aliphatic carbocycles. The summed E-state index contributed by atoms with van der Waals surface area (Å²) in [6.45, 7) is 2.78. The molecule has 1 unspecified atom stereocenters. The molecule has 0 heterocycles. The third-order valence-electron chi connectivity index (χ3n) is 3.71. The lowest BCUT2D eigenvalue weighted by Crippen LogP contribution is -2.32. The van der Waals surface area contributed by atoms with Crippen LogP contribution in [0.25, 0.3) is 0 Å². The number of nitrogens with one attached hydrogen (secondary N) is 1. The quantitative estimate of drug-likeness (QED) is 0.797. The summed E-state index contributed by atoms with van der Waals surface area (Å²) in [7, 11) is 0. The number of carbonyl (C=O) groups is 1. The number of amides is 1. The number of aliphatic hydroxyl groups is 1. The first kappa shape index (κ1) is 14.9. The molecule has 4 heteroatoms. The predicted molar refractivity (Wildman–Crippen MR) is 77.8 cm³/mol. The van der Waals surface area contributed by atoms with E-state index in [9.17, 15) is 4.79 Å². The van der Waals surface area contributed by atoms with Crippen molar-refractivity contribution < 1.29 is 14.6 Å². The van der Waals surface area contributed by atoms with Gasteiger partial charge >= 0.3 is 0 Å².